The molecule has 0 unspecified atom stereocenters. The van der Waals surface area contributed by atoms with Crippen LogP contribution in [-0.2, 0) is 18.8 Å². The Balaban J connectivity index is 0.000000159. The van der Waals surface area contributed by atoms with Gasteiger partial charge in [-0.15, -0.1) is 0 Å². The number of Topliss-reactive ketones (excluding diaryl/α,β-unsaturated/α-hetero) is 1. The summed E-state index contributed by atoms with van der Waals surface area (Å²) < 4.78 is 21.0. The number of nitrogens with one attached hydrogen (secondary N) is 1. The summed E-state index contributed by atoms with van der Waals surface area (Å²) in [5.74, 6) is -0.804. The predicted octanol–water partition coefficient (Wildman–Crippen LogP) is 13.9. The Morgan fingerprint density at radius 2 is 0.970 bits per heavy atom. The molecule has 100 heavy (non-hydrogen) atoms. The number of carbonyl (C=O) groups is 3. The molecule has 13 rings (SSSR count). The van der Waals surface area contributed by atoms with Crippen molar-refractivity contribution in [1.29, 1.82) is 0 Å². The minimum atomic E-state index is -0.475. The number of likely N-dealkylation sites (tertiary alicyclic amines) is 3. The number of hydrogen-bond acceptors (Lipinski definition) is 21. The molecule has 0 bridgehead atoms. The highest BCUT2D eigenvalue weighted by Crippen LogP contribution is 2.37. The van der Waals surface area contributed by atoms with E-state index in [1.165, 1.54) is 124 Å². The molecule has 528 valence electrons. The highest BCUT2D eigenvalue weighted by molar-refractivity contribution is 6.62. The minimum absolute atomic E-state index is 0.129. The molecule has 9 aromatic rings. The van der Waals surface area contributed by atoms with E-state index in [0.717, 1.165) is 106 Å². The minimum Gasteiger partial charge on any atom is -0.464 e. The van der Waals surface area contributed by atoms with Crippen LogP contribution in [0, 0.1) is 0 Å². The van der Waals surface area contributed by atoms with Gasteiger partial charge in [-0.25, -0.2) is 34.5 Å². The second-order valence-electron chi connectivity index (χ2n) is 26.1. The van der Waals surface area contributed by atoms with Gasteiger partial charge in [0, 0.05) is 107 Å². The fraction of sp³-hybridized carbons (Fsp3) is 0.440. The number of aromatic nitrogens is 9. The smallest absolute Gasteiger partial charge is 0.464 e. The molecular weight excluding hydrogens is 1330 g/mol. The number of rotatable bonds is 19. The summed E-state index contributed by atoms with van der Waals surface area (Å²) in [5.41, 5.74) is 13.2. The number of piperidine rings is 3. The maximum Gasteiger partial charge on any atom is 0.496 e. The molecule has 0 spiro atoms. The number of fused-ring (bicyclic) bond motifs is 3. The Labute approximate surface area is 602 Å². The summed E-state index contributed by atoms with van der Waals surface area (Å²) in [6, 6.07) is 21.5. The number of pyridine rings is 9. The molecule has 4 fully saturated rings. The van der Waals surface area contributed by atoms with Crippen LogP contribution in [0.3, 0.4) is 0 Å². The van der Waals surface area contributed by atoms with Crippen LogP contribution >= 0.6 is 34.8 Å². The Morgan fingerprint density at radius 1 is 0.520 bits per heavy atom. The molecule has 0 atom stereocenters. The highest BCUT2D eigenvalue weighted by Gasteiger charge is 2.52. The molecule has 0 aliphatic carbocycles. The lowest BCUT2D eigenvalue weighted by Crippen LogP contribution is -2.41. The number of unbranched alkanes of at least 4 members (excludes halogenated alkanes) is 1. The summed E-state index contributed by atoms with van der Waals surface area (Å²) in [5, 5.41) is 7.83. The standard InChI is InChI=1S/C31H42N6O.C15H10ClN3O2.C13H18BNO4.C8H4Cl2N2.C8H18N2/c38-31(10-3-8-20-36-16-4-1-5-17-36)28-12-11-25(23-34-28)29-22-30(26-24-32-15-13-27(26)35-29)33-14-9-21-37-18-6-2-7-19-37;1-21-15(20)13-3-2-9(7-18-13)14-6-11(16)10-8-17-5-4-12(10)19-14;1-12(2)13(3,4)19-14(18-12)9-6-7-10(15-8-9)11(16)17-5;9-6-3-8(10)12-7-1-2-11-4-5(6)7;9-5-4-8-10-6-2-1-3-7-10/h11-13,15,22-24H,1-10,14,16-21H2,(H,33,35);2-8H,1H3;6-8H,1-5H3;1-4H;1-9H2. The first kappa shape index (κ1) is 76.4. The predicted molar refractivity (Wildman–Crippen MR) is 399 cm³/mol. The van der Waals surface area contributed by atoms with E-state index >= 15 is 0 Å². The molecule has 25 heteroatoms. The maximum absolute atomic E-state index is 12.7. The molecule has 4 aliphatic heterocycles. The van der Waals surface area contributed by atoms with Crippen molar-refractivity contribution >= 4 is 104 Å². The SMILES string of the molecule is COC(=O)c1ccc(-c2cc(Cl)c3cnccc3n2)cn1.COC(=O)c1ccc(B2OC(C)(C)C(C)(C)O2)cn1.Clc1cc(Cl)c2cnccc2n1.NCCCN1CCCCC1.O=C(CCCCN1CCCCC1)c1ccc(-c2cc(NCCCN3CCCCC3)c3cnccc3n2)cn1. The van der Waals surface area contributed by atoms with Crippen LogP contribution < -0.4 is 16.5 Å². The zero-order valence-corrected chi connectivity index (χ0v) is 60.6. The Bertz CT molecular complexity index is 4070. The van der Waals surface area contributed by atoms with Gasteiger partial charge in [-0.3, -0.25) is 24.7 Å². The van der Waals surface area contributed by atoms with Crippen molar-refractivity contribution < 1.29 is 33.2 Å². The summed E-state index contributed by atoms with van der Waals surface area (Å²) >= 11 is 17.8. The number of ether oxygens (including phenoxy) is 2. The lowest BCUT2D eigenvalue weighted by atomic mass is 9.80. The third kappa shape index (κ3) is 22.1. The molecule has 0 saturated carbocycles. The molecule has 21 nitrogen and oxygen atoms in total. The van der Waals surface area contributed by atoms with Gasteiger partial charge >= 0.3 is 19.1 Å². The fourth-order valence-corrected chi connectivity index (χ4v) is 12.7. The number of halogens is 3. The van der Waals surface area contributed by atoms with Crippen LogP contribution in [0.25, 0.3) is 55.2 Å². The number of nitrogens with zero attached hydrogens (tertiary/aromatic N) is 12. The number of esters is 2. The van der Waals surface area contributed by atoms with Crippen molar-refractivity contribution in [2.24, 2.45) is 5.73 Å². The van der Waals surface area contributed by atoms with Crippen molar-refractivity contribution in [1.82, 2.24) is 59.6 Å². The average Bonchev–Trinajstić information content (AvgIpc) is 1.59. The van der Waals surface area contributed by atoms with Crippen molar-refractivity contribution in [2.75, 3.05) is 91.5 Å². The van der Waals surface area contributed by atoms with E-state index in [2.05, 4.69) is 75.4 Å². The maximum atomic E-state index is 12.7. The monoisotopic (exact) mass is 1420 g/mol. The molecule has 0 amide bonds. The highest BCUT2D eigenvalue weighted by atomic mass is 35.5. The lowest BCUT2D eigenvalue weighted by molar-refractivity contribution is 0.00578. The molecule has 9 aromatic heterocycles. The summed E-state index contributed by atoms with van der Waals surface area (Å²) in [6.45, 7) is 20.7. The first-order valence-electron chi connectivity index (χ1n) is 34.7. The van der Waals surface area contributed by atoms with Crippen LogP contribution in [0.4, 0.5) is 5.69 Å². The second-order valence-corrected chi connectivity index (χ2v) is 27.3. The van der Waals surface area contributed by atoms with E-state index in [0.29, 0.717) is 33.0 Å². The topological polar surface area (TPSA) is 252 Å². The fourth-order valence-electron chi connectivity index (χ4n) is 11.9. The number of carbonyl (C=O) groups excluding carboxylic acids is 3. The normalized spacial score (nSPS) is 16.0. The van der Waals surface area contributed by atoms with Crippen molar-refractivity contribution in [2.45, 2.75) is 129 Å². The first-order chi connectivity index (χ1) is 48.4. The van der Waals surface area contributed by atoms with Crippen molar-refractivity contribution in [3.63, 3.8) is 0 Å². The van der Waals surface area contributed by atoms with Crippen molar-refractivity contribution in [3.05, 3.63) is 161 Å². The molecule has 4 aliphatic rings. The molecule has 13 heterocycles. The molecule has 0 aromatic carbocycles. The zero-order valence-electron chi connectivity index (χ0n) is 58.3. The van der Waals surface area contributed by atoms with Gasteiger partial charge in [0.2, 0.25) is 0 Å². The van der Waals surface area contributed by atoms with E-state index in [-0.39, 0.29) is 17.2 Å². The Hall–Kier alpha value is -7.77. The van der Waals surface area contributed by atoms with E-state index < -0.39 is 30.3 Å². The van der Waals surface area contributed by atoms with Gasteiger partial charge in [0.1, 0.15) is 22.2 Å². The number of hydrogen-bond donors (Lipinski definition) is 2. The van der Waals surface area contributed by atoms with Crippen molar-refractivity contribution in [3.8, 4) is 22.5 Å². The molecular formula is C75H92BCl3N14O7. The van der Waals surface area contributed by atoms with E-state index in [4.69, 9.17) is 54.8 Å². The lowest BCUT2D eigenvalue weighted by Gasteiger charge is -2.32. The average molecular weight is 1420 g/mol. The third-order valence-electron chi connectivity index (χ3n) is 18.3. The number of methoxy groups -OCH3 is 2. The largest absolute Gasteiger partial charge is 0.496 e. The van der Waals surface area contributed by atoms with Crippen LogP contribution in [0.15, 0.2) is 129 Å². The molecule has 4 saturated heterocycles. The van der Waals surface area contributed by atoms with Gasteiger partial charge < -0.3 is 44.5 Å². The van der Waals surface area contributed by atoms with Gasteiger partial charge in [0.05, 0.1) is 63.4 Å². The molecule has 0 radical (unpaired) electrons. The van der Waals surface area contributed by atoms with E-state index in [9.17, 15) is 14.4 Å². The third-order valence-corrected chi connectivity index (χ3v) is 19.1. The zero-order chi connectivity index (χ0) is 70.9. The number of ketones is 1. The van der Waals surface area contributed by atoms with E-state index in [1.807, 2.05) is 52.1 Å². The number of anilines is 1. The summed E-state index contributed by atoms with van der Waals surface area (Å²) in [7, 11) is 2.17. The van der Waals surface area contributed by atoms with E-state index in [1.54, 1.807) is 98.1 Å². The van der Waals surface area contributed by atoms with Crippen LogP contribution in [0.2, 0.25) is 15.2 Å². The van der Waals surface area contributed by atoms with Gasteiger partial charge in [0.15, 0.2) is 5.78 Å². The van der Waals surface area contributed by atoms with Gasteiger partial charge in [-0.2, -0.15) is 0 Å². The Morgan fingerprint density at radius 3 is 1.46 bits per heavy atom. The second kappa shape index (κ2) is 38.3. The van der Waals surface area contributed by atoms with Crippen LogP contribution in [0.1, 0.15) is 149 Å². The van der Waals surface area contributed by atoms with Gasteiger partial charge in [-0.05, 0) is 224 Å². The quantitative estimate of drug-likeness (QED) is 0.0251. The summed E-state index contributed by atoms with van der Waals surface area (Å²) in [4.78, 5) is 81.4. The van der Waals surface area contributed by atoms with Crippen LogP contribution in [-0.4, -0.2) is 182 Å². The Kier molecular flexibility index (Phi) is 29.3. The van der Waals surface area contributed by atoms with Gasteiger partial charge in [-0.1, -0.05) is 60.1 Å². The van der Waals surface area contributed by atoms with Gasteiger partial charge in [0.25, 0.3) is 0 Å². The number of nitrogens with two attached hydrogens (primary N) is 1. The molecule has 3 N–H and O–H groups in total. The summed E-state index contributed by atoms with van der Waals surface area (Å²) in [6.07, 6.45) is 32.3. The first-order valence-corrected chi connectivity index (χ1v) is 35.8. The van der Waals surface area contributed by atoms with Crippen LogP contribution in [0.5, 0.6) is 0 Å².